The highest BCUT2D eigenvalue weighted by molar-refractivity contribution is 6.04. The molecule has 2 aliphatic heterocycles. The number of anilines is 1. The molecular weight excluding hydrogens is 411 g/mol. The standard InChI is InChI=1S/C24H23FN4O3/c25-18-11-16(15-26)12-19(13-18)28-5-7-29(8-6-28)24(30)20-1-4-27-21-14-22(32-23(20)21)17-2-9-31-10-3-17/h1,4,11-14,17H,2-3,5-10H2. The number of ether oxygens (including phenoxy) is 1. The molecule has 8 heteroatoms. The second kappa shape index (κ2) is 8.60. The van der Waals surface area contributed by atoms with Crippen LogP contribution in [0.1, 0.15) is 40.4 Å². The van der Waals surface area contributed by atoms with E-state index in [1.54, 1.807) is 23.2 Å². The Morgan fingerprint density at radius 2 is 1.91 bits per heavy atom. The Hall–Kier alpha value is -3.44. The molecule has 4 heterocycles. The maximum atomic E-state index is 13.8. The van der Waals surface area contributed by atoms with Crippen molar-refractivity contribution in [3.63, 3.8) is 0 Å². The first-order chi connectivity index (χ1) is 15.6. The zero-order valence-electron chi connectivity index (χ0n) is 17.6. The number of halogens is 1. The lowest BCUT2D eigenvalue weighted by atomic mass is 9.98. The maximum absolute atomic E-state index is 13.8. The molecule has 1 amide bonds. The van der Waals surface area contributed by atoms with Gasteiger partial charge in [-0.2, -0.15) is 5.26 Å². The Bertz CT molecular complexity index is 1190. The van der Waals surface area contributed by atoms with Crippen molar-refractivity contribution in [1.29, 1.82) is 5.26 Å². The summed E-state index contributed by atoms with van der Waals surface area (Å²) in [5.74, 6) is 0.617. The summed E-state index contributed by atoms with van der Waals surface area (Å²) in [5.41, 5.74) is 2.69. The van der Waals surface area contributed by atoms with Gasteiger partial charge in [-0.15, -0.1) is 0 Å². The van der Waals surface area contributed by atoms with Gasteiger partial charge in [0.2, 0.25) is 0 Å². The number of amides is 1. The average molecular weight is 434 g/mol. The first kappa shape index (κ1) is 20.5. The van der Waals surface area contributed by atoms with Crippen LogP contribution in [-0.2, 0) is 4.74 Å². The smallest absolute Gasteiger partial charge is 0.257 e. The average Bonchev–Trinajstić information content (AvgIpc) is 3.28. The Morgan fingerprint density at radius 3 is 2.66 bits per heavy atom. The van der Waals surface area contributed by atoms with Gasteiger partial charge in [0.1, 0.15) is 17.1 Å². The van der Waals surface area contributed by atoms with E-state index in [0.717, 1.165) is 18.6 Å². The predicted octanol–water partition coefficient (Wildman–Crippen LogP) is 3.69. The predicted molar refractivity (Wildman–Crippen MR) is 116 cm³/mol. The van der Waals surface area contributed by atoms with Crippen molar-refractivity contribution in [2.45, 2.75) is 18.8 Å². The van der Waals surface area contributed by atoms with Crippen LogP contribution in [0.3, 0.4) is 0 Å². The molecule has 1 aromatic carbocycles. The Labute approximate surface area is 185 Å². The van der Waals surface area contributed by atoms with Crippen LogP contribution in [0.25, 0.3) is 11.1 Å². The van der Waals surface area contributed by atoms with Crippen LogP contribution in [0.5, 0.6) is 0 Å². The van der Waals surface area contributed by atoms with Crippen LogP contribution in [0.2, 0.25) is 0 Å². The number of nitriles is 1. The number of aromatic nitrogens is 1. The summed E-state index contributed by atoms with van der Waals surface area (Å²) >= 11 is 0. The third-order valence-electron chi connectivity index (χ3n) is 6.23. The molecule has 0 spiro atoms. The van der Waals surface area contributed by atoms with Gasteiger partial charge in [-0.25, -0.2) is 4.39 Å². The zero-order chi connectivity index (χ0) is 22.1. The monoisotopic (exact) mass is 434 g/mol. The van der Waals surface area contributed by atoms with Gasteiger partial charge in [-0.05, 0) is 37.1 Å². The minimum Gasteiger partial charge on any atom is -0.458 e. The number of piperazine rings is 1. The number of rotatable bonds is 3. The highest BCUT2D eigenvalue weighted by Gasteiger charge is 2.27. The largest absolute Gasteiger partial charge is 0.458 e. The van der Waals surface area contributed by atoms with Crippen molar-refractivity contribution in [3.8, 4) is 6.07 Å². The van der Waals surface area contributed by atoms with E-state index in [2.05, 4.69) is 4.98 Å². The zero-order valence-corrected chi connectivity index (χ0v) is 17.6. The third-order valence-corrected chi connectivity index (χ3v) is 6.23. The van der Waals surface area contributed by atoms with Gasteiger partial charge in [0.05, 0.1) is 17.2 Å². The number of hydrogen-bond donors (Lipinski definition) is 0. The molecule has 0 saturated carbocycles. The number of benzene rings is 1. The van der Waals surface area contributed by atoms with Crippen molar-refractivity contribution >= 4 is 22.7 Å². The second-order valence-electron chi connectivity index (χ2n) is 8.20. The topological polar surface area (TPSA) is 82.6 Å². The molecular formula is C24H23FN4O3. The van der Waals surface area contributed by atoms with E-state index < -0.39 is 5.82 Å². The number of furan rings is 1. The molecule has 0 unspecified atom stereocenters. The summed E-state index contributed by atoms with van der Waals surface area (Å²) in [7, 11) is 0. The summed E-state index contributed by atoms with van der Waals surface area (Å²) in [6.07, 6.45) is 3.45. The fourth-order valence-electron chi connectivity index (χ4n) is 4.47. The molecule has 164 valence electrons. The Kier molecular flexibility index (Phi) is 5.50. The van der Waals surface area contributed by atoms with Crippen LogP contribution in [0.15, 0.2) is 40.9 Å². The lowest BCUT2D eigenvalue weighted by Gasteiger charge is -2.36. The quantitative estimate of drug-likeness (QED) is 0.625. The fraction of sp³-hybridized carbons (Fsp3) is 0.375. The lowest BCUT2D eigenvalue weighted by molar-refractivity contribution is 0.0745. The molecule has 2 saturated heterocycles. The van der Waals surface area contributed by atoms with E-state index in [0.29, 0.717) is 61.7 Å². The first-order valence-corrected chi connectivity index (χ1v) is 10.8. The highest BCUT2D eigenvalue weighted by atomic mass is 19.1. The van der Waals surface area contributed by atoms with Crippen LogP contribution >= 0.6 is 0 Å². The van der Waals surface area contributed by atoms with Crippen molar-refractivity contribution < 1.29 is 18.3 Å². The second-order valence-corrected chi connectivity index (χ2v) is 8.20. The number of carbonyl (C=O) groups is 1. The molecule has 0 bridgehead atoms. The minimum atomic E-state index is -0.435. The molecule has 7 nitrogen and oxygen atoms in total. The molecule has 32 heavy (non-hydrogen) atoms. The van der Waals surface area contributed by atoms with Crippen molar-refractivity contribution in [1.82, 2.24) is 9.88 Å². The molecule has 2 aliphatic rings. The van der Waals surface area contributed by atoms with E-state index in [-0.39, 0.29) is 17.4 Å². The number of nitrogens with zero attached hydrogens (tertiary/aromatic N) is 4. The summed E-state index contributed by atoms with van der Waals surface area (Å²) in [6.45, 7) is 3.53. The summed E-state index contributed by atoms with van der Waals surface area (Å²) < 4.78 is 25.4. The van der Waals surface area contributed by atoms with Gasteiger partial charge >= 0.3 is 0 Å². The molecule has 3 aromatic rings. The maximum Gasteiger partial charge on any atom is 0.257 e. The van der Waals surface area contributed by atoms with Crippen LogP contribution in [-0.4, -0.2) is 55.2 Å². The SMILES string of the molecule is N#Cc1cc(F)cc(N2CCN(C(=O)c3ccnc4cc(C5CCOCC5)oc34)CC2)c1. The molecule has 2 aromatic heterocycles. The van der Waals surface area contributed by atoms with E-state index in [4.69, 9.17) is 14.4 Å². The van der Waals surface area contributed by atoms with Crippen molar-refractivity contribution in [2.24, 2.45) is 0 Å². The first-order valence-electron chi connectivity index (χ1n) is 10.8. The third kappa shape index (κ3) is 3.92. The number of pyridine rings is 1. The van der Waals surface area contributed by atoms with Gasteiger partial charge in [-0.3, -0.25) is 9.78 Å². The van der Waals surface area contributed by atoms with Crippen molar-refractivity contribution in [3.05, 3.63) is 59.2 Å². The molecule has 0 aliphatic carbocycles. The number of carbonyl (C=O) groups excluding carboxylic acids is 1. The molecule has 0 radical (unpaired) electrons. The molecule has 2 fully saturated rings. The van der Waals surface area contributed by atoms with Crippen LogP contribution < -0.4 is 4.90 Å². The van der Waals surface area contributed by atoms with E-state index in [1.807, 2.05) is 17.0 Å². The highest BCUT2D eigenvalue weighted by Crippen LogP contribution is 2.32. The summed E-state index contributed by atoms with van der Waals surface area (Å²) in [6, 6.07) is 9.95. The van der Waals surface area contributed by atoms with E-state index >= 15 is 0 Å². The van der Waals surface area contributed by atoms with Gasteiger partial charge in [-0.1, -0.05) is 0 Å². The van der Waals surface area contributed by atoms with Gasteiger partial charge in [0, 0.05) is 63.3 Å². The van der Waals surface area contributed by atoms with E-state index in [1.165, 1.54) is 12.1 Å². The normalized spacial score (nSPS) is 17.5. The Balaban J connectivity index is 1.32. The lowest BCUT2D eigenvalue weighted by Crippen LogP contribution is -2.48. The summed E-state index contributed by atoms with van der Waals surface area (Å²) in [5, 5.41) is 9.09. The number of hydrogen-bond acceptors (Lipinski definition) is 6. The van der Waals surface area contributed by atoms with Gasteiger partial charge in [0.15, 0.2) is 5.58 Å². The van der Waals surface area contributed by atoms with Crippen LogP contribution in [0, 0.1) is 17.1 Å². The minimum absolute atomic E-state index is 0.0955. The van der Waals surface area contributed by atoms with Crippen LogP contribution in [0.4, 0.5) is 10.1 Å². The Morgan fingerprint density at radius 1 is 1.12 bits per heavy atom. The molecule has 0 atom stereocenters. The summed E-state index contributed by atoms with van der Waals surface area (Å²) in [4.78, 5) is 21.5. The molecule has 5 rings (SSSR count). The molecule has 0 N–H and O–H groups in total. The number of fused-ring (bicyclic) bond motifs is 1. The van der Waals surface area contributed by atoms with Crippen molar-refractivity contribution in [2.75, 3.05) is 44.3 Å². The van der Waals surface area contributed by atoms with E-state index in [9.17, 15) is 9.18 Å². The van der Waals surface area contributed by atoms with Gasteiger partial charge < -0.3 is 19.0 Å². The van der Waals surface area contributed by atoms with Gasteiger partial charge in [0.25, 0.3) is 5.91 Å². The fourth-order valence-corrected chi connectivity index (χ4v) is 4.47.